The smallest absolute Gasteiger partial charge is 0.336 e. The van der Waals surface area contributed by atoms with Crippen LogP contribution in [0.5, 0.6) is 0 Å². The fourth-order valence-electron chi connectivity index (χ4n) is 4.90. The van der Waals surface area contributed by atoms with E-state index in [0.29, 0.717) is 13.1 Å². The molecular formula is C26H29N3O8S2. The molecule has 4 rings (SSSR count). The lowest BCUT2D eigenvalue weighted by atomic mass is 9.83. The Balaban J connectivity index is 1.68. The van der Waals surface area contributed by atoms with Gasteiger partial charge in [-0.3, -0.25) is 20.0 Å². The van der Waals surface area contributed by atoms with Gasteiger partial charge in [0.25, 0.3) is 5.69 Å². The SMILES string of the molecule is CC1=C(C(=O)OCCN(C)Cc2ccccc2)C(c2cccc([N+](=O)[O-])c2)C2C(=N1)CS(=O)(=O)CCS2(=O)=O. The highest BCUT2D eigenvalue weighted by atomic mass is 32.2. The Kier molecular flexibility index (Phi) is 8.33. The summed E-state index contributed by atoms with van der Waals surface area (Å²) in [4.78, 5) is 30.5. The van der Waals surface area contributed by atoms with Crippen LogP contribution in [0.2, 0.25) is 0 Å². The predicted molar refractivity (Wildman–Crippen MR) is 146 cm³/mol. The van der Waals surface area contributed by atoms with Crippen LogP contribution < -0.4 is 0 Å². The lowest BCUT2D eigenvalue weighted by molar-refractivity contribution is -0.384. The fourth-order valence-corrected chi connectivity index (χ4v) is 9.30. The van der Waals surface area contributed by atoms with E-state index in [-0.39, 0.29) is 34.8 Å². The number of non-ortho nitro benzene ring substituents is 1. The Labute approximate surface area is 227 Å². The number of benzene rings is 2. The molecule has 2 aliphatic heterocycles. The first-order chi connectivity index (χ1) is 18.4. The summed E-state index contributed by atoms with van der Waals surface area (Å²) in [5.74, 6) is -3.81. The Hall–Kier alpha value is -3.42. The van der Waals surface area contributed by atoms with Crippen LogP contribution in [0.15, 0.2) is 70.9 Å². The molecule has 2 aliphatic rings. The number of likely N-dealkylation sites (N-methyl/N-ethyl adjacent to an activating group) is 1. The van der Waals surface area contributed by atoms with Gasteiger partial charge >= 0.3 is 5.97 Å². The van der Waals surface area contributed by atoms with Gasteiger partial charge in [0, 0.05) is 36.8 Å². The molecule has 2 unspecified atom stereocenters. The second kappa shape index (κ2) is 11.4. The van der Waals surface area contributed by atoms with Gasteiger partial charge in [0.15, 0.2) is 19.7 Å². The Morgan fingerprint density at radius 1 is 1.10 bits per heavy atom. The quantitative estimate of drug-likeness (QED) is 0.262. The monoisotopic (exact) mass is 575 g/mol. The van der Waals surface area contributed by atoms with Gasteiger partial charge in [-0.25, -0.2) is 21.6 Å². The van der Waals surface area contributed by atoms with Crippen LogP contribution >= 0.6 is 0 Å². The molecule has 2 aromatic rings. The van der Waals surface area contributed by atoms with Crippen molar-refractivity contribution >= 4 is 37.0 Å². The number of ether oxygens (including phenoxy) is 1. The average Bonchev–Trinajstić information content (AvgIpc) is 2.96. The van der Waals surface area contributed by atoms with Gasteiger partial charge in [0.2, 0.25) is 0 Å². The Morgan fingerprint density at radius 2 is 1.82 bits per heavy atom. The number of carbonyl (C=O) groups excluding carboxylic acids is 1. The molecule has 0 amide bonds. The number of carbonyl (C=O) groups is 1. The Morgan fingerprint density at radius 3 is 2.51 bits per heavy atom. The number of allylic oxidation sites excluding steroid dienone is 1. The van der Waals surface area contributed by atoms with Crippen molar-refractivity contribution in [3.63, 3.8) is 0 Å². The molecule has 0 aliphatic carbocycles. The van der Waals surface area contributed by atoms with E-state index >= 15 is 0 Å². The summed E-state index contributed by atoms with van der Waals surface area (Å²) in [6.07, 6.45) is 0. The normalized spacial score (nSPS) is 22.0. The number of rotatable bonds is 8. The summed E-state index contributed by atoms with van der Waals surface area (Å²) >= 11 is 0. The van der Waals surface area contributed by atoms with Crippen molar-refractivity contribution in [2.45, 2.75) is 24.6 Å². The number of fused-ring (bicyclic) bond motifs is 1. The van der Waals surface area contributed by atoms with Crippen molar-refractivity contribution in [1.82, 2.24) is 4.90 Å². The first kappa shape index (κ1) is 28.6. The van der Waals surface area contributed by atoms with Crippen molar-refractivity contribution in [2.75, 3.05) is 37.5 Å². The van der Waals surface area contributed by atoms with Gasteiger partial charge in [-0.1, -0.05) is 42.5 Å². The molecule has 13 heteroatoms. The van der Waals surface area contributed by atoms with Crippen LogP contribution in [0, 0.1) is 10.1 Å². The van der Waals surface area contributed by atoms with Crippen molar-refractivity contribution < 1.29 is 31.3 Å². The van der Waals surface area contributed by atoms with Crippen LogP contribution in [0.1, 0.15) is 24.0 Å². The maximum Gasteiger partial charge on any atom is 0.336 e. The van der Waals surface area contributed by atoms with E-state index in [1.165, 1.54) is 31.2 Å². The highest BCUT2D eigenvalue weighted by Gasteiger charge is 2.48. The van der Waals surface area contributed by atoms with E-state index in [2.05, 4.69) is 4.99 Å². The molecule has 0 bridgehead atoms. The first-order valence-electron chi connectivity index (χ1n) is 12.2. The average molecular weight is 576 g/mol. The molecule has 0 radical (unpaired) electrons. The summed E-state index contributed by atoms with van der Waals surface area (Å²) in [7, 11) is -6.00. The second-order valence-corrected chi connectivity index (χ2v) is 14.1. The van der Waals surface area contributed by atoms with Gasteiger partial charge in [-0.05, 0) is 25.1 Å². The van der Waals surface area contributed by atoms with Crippen molar-refractivity contribution in [2.24, 2.45) is 4.99 Å². The van der Waals surface area contributed by atoms with Crippen LogP contribution in [0.25, 0.3) is 0 Å². The Bertz CT molecular complexity index is 1550. The highest BCUT2D eigenvalue weighted by Crippen LogP contribution is 2.41. The van der Waals surface area contributed by atoms with Crippen LogP contribution in [-0.4, -0.2) is 81.0 Å². The zero-order valence-electron chi connectivity index (χ0n) is 21.5. The molecule has 39 heavy (non-hydrogen) atoms. The van der Waals surface area contributed by atoms with Crippen LogP contribution in [-0.2, 0) is 35.8 Å². The maximum absolute atomic E-state index is 13.4. The highest BCUT2D eigenvalue weighted by molar-refractivity contribution is 7.97. The maximum atomic E-state index is 13.4. The third kappa shape index (κ3) is 6.60. The topological polar surface area (TPSA) is 153 Å². The van der Waals surface area contributed by atoms with E-state index in [0.717, 1.165) is 5.56 Å². The van der Waals surface area contributed by atoms with Gasteiger partial charge in [0.05, 0.1) is 33.5 Å². The van der Waals surface area contributed by atoms with Gasteiger partial charge in [-0.15, -0.1) is 0 Å². The fraction of sp³-hybridized carbons (Fsp3) is 0.385. The summed E-state index contributed by atoms with van der Waals surface area (Å²) in [5.41, 5.74) is 0.949. The molecule has 1 saturated heterocycles. The molecule has 0 aromatic heterocycles. The largest absolute Gasteiger partial charge is 0.461 e. The van der Waals surface area contributed by atoms with Crippen LogP contribution in [0.4, 0.5) is 5.69 Å². The molecule has 2 atom stereocenters. The van der Waals surface area contributed by atoms with Gasteiger partial charge in [-0.2, -0.15) is 0 Å². The second-order valence-electron chi connectivity index (χ2n) is 9.67. The van der Waals surface area contributed by atoms with E-state index in [4.69, 9.17) is 4.74 Å². The summed E-state index contributed by atoms with van der Waals surface area (Å²) in [5, 5.41) is 10.0. The molecule has 0 spiro atoms. The number of nitro groups is 1. The number of hydrogen-bond acceptors (Lipinski definition) is 10. The van der Waals surface area contributed by atoms with E-state index < -0.39 is 59.0 Å². The molecule has 11 nitrogen and oxygen atoms in total. The third-order valence-corrected chi connectivity index (χ3v) is 10.6. The van der Waals surface area contributed by atoms with E-state index in [9.17, 15) is 31.7 Å². The molecule has 1 fully saturated rings. The lowest BCUT2D eigenvalue weighted by Gasteiger charge is -2.32. The van der Waals surface area contributed by atoms with Gasteiger partial charge < -0.3 is 4.74 Å². The minimum absolute atomic E-state index is 0.00295. The minimum atomic E-state index is -4.11. The standard InChI is InChI=1S/C26H29N3O8S2/c1-18-23(26(30)37-12-11-28(2)16-19-7-4-3-5-8-19)24(20-9-6-10-21(15-20)29(31)32)25-22(27-18)17-38(33,34)13-14-39(25,35)36/h3-10,15,24-25H,11-14,16-17H2,1-2H3. The third-order valence-electron chi connectivity index (χ3n) is 6.74. The molecule has 0 N–H and O–H groups in total. The lowest BCUT2D eigenvalue weighted by Crippen LogP contribution is -2.43. The molecule has 2 aromatic carbocycles. The molecule has 208 valence electrons. The first-order valence-corrected chi connectivity index (χ1v) is 15.8. The van der Waals surface area contributed by atoms with Crippen LogP contribution in [0.3, 0.4) is 0 Å². The number of aliphatic imine (C=N–C) groups is 1. The summed E-state index contributed by atoms with van der Waals surface area (Å²) in [6, 6.07) is 15.1. The minimum Gasteiger partial charge on any atom is -0.461 e. The number of nitro benzene ring substituents is 1. The number of esters is 1. The molecular weight excluding hydrogens is 546 g/mol. The van der Waals surface area contributed by atoms with Crippen molar-refractivity contribution in [3.8, 4) is 0 Å². The summed E-state index contributed by atoms with van der Waals surface area (Å²) in [6.45, 7) is 2.50. The number of nitrogens with zero attached hydrogens (tertiary/aromatic N) is 3. The molecule has 2 heterocycles. The van der Waals surface area contributed by atoms with E-state index in [1.54, 1.807) is 0 Å². The van der Waals surface area contributed by atoms with Crippen molar-refractivity contribution in [1.29, 1.82) is 0 Å². The summed E-state index contributed by atoms with van der Waals surface area (Å²) < 4.78 is 57.4. The zero-order chi connectivity index (χ0) is 28.4. The van der Waals surface area contributed by atoms with Crippen molar-refractivity contribution in [3.05, 3.63) is 87.1 Å². The molecule has 0 saturated carbocycles. The van der Waals surface area contributed by atoms with E-state index in [1.807, 2.05) is 42.3 Å². The zero-order valence-corrected chi connectivity index (χ0v) is 23.2. The number of hydrogen-bond donors (Lipinski definition) is 0. The number of sulfone groups is 2. The van der Waals surface area contributed by atoms with Gasteiger partial charge in [0.1, 0.15) is 11.9 Å². The predicted octanol–water partition coefficient (Wildman–Crippen LogP) is 2.29.